The maximum absolute atomic E-state index is 5.65. The first-order chi connectivity index (χ1) is 13.7. The van der Waals surface area contributed by atoms with Crippen molar-refractivity contribution in [2.24, 2.45) is 10.9 Å². The molecule has 29 heavy (non-hydrogen) atoms. The van der Waals surface area contributed by atoms with Crippen molar-refractivity contribution in [2.45, 2.75) is 84.7 Å². The lowest BCUT2D eigenvalue weighted by Crippen LogP contribution is -2.48. The second-order valence-corrected chi connectivity index (χ2v) is 7.78. The van der Waals surface area contributed by atoms with E-state index in [2.05, 4.69) is 46.2 Å². The highest BCUT2D eigenvalue weighted by molar-refractivity contribution is 14.0. The summed E-state index contributed by atoms with van der Waals surface area (Å²) in [5.41, 5.74) is 0. The number of aromatic nitrogens is 3. The molecule has 0 aromatic carbocycles. The Bertz CT molecular complexity index is 565. The molecule has 8 heteroatoms. The molecule has 0 saturated heterocycles. The van der Waals surface area contributed by atoms with Gasteiger partial charge in [-0.2, -0.15) is 0 Å². The van der Waals surface area contributed by atoms with Crippen molar-refractivity contribution >= 4 is 29.9 Å². The van der Waals surface area contributed by atoms with E-state index in [0.717, 1.165) is 63.9 Å². The van der Waals surface area contributed by atoms with Crippen LogP contribution in [0.4, 0.5) is 0 Å². The van der Waals surface area contributed by atoms with Gasteiger partial charge in [-0.05, 0) is 31.6 Å². The molecule has 1 aromatic rings. The van der Waals surface area contributed by atoms with E-state index < -0.39 is 0 Å². The normalized spacial score (nSPS) is 19.6. The Balaban J connectivity index is 0.00000420. The largest absolute Gasteiger partial charge is 0.381 e. The monoisotopic (exact) mass is 520 g/mol. The van der Waals surface area contributed by atoms with Crippen LogP contribution in [0.1, 0.15) is 71.5 Å². The highest BCUT2D eigenvalue weighted by Gasteiger charge is 2.22. The number of nitrogens with zero attached hydrogens (tertiary/aromatic N) is 4. The Morgan fingerprint density at radius 2 is 2.03 bits per heavy atom. The molecule has 2 atom stereocenters. The molecule has 1 aliphatic rings. The average molecular weight is 521 g/mol. The zero-order valence-electron chi connectivity index (χ0n) is 18.5. The van der Waals surface area contributed by atoms with Gasteiger partial charge in [0.25, 0.3) is 0 Å². The van der Waals surface area contributed by atoms with Gasteiger partial charge >= 0.3 is 0 Å². The first kappa shape index (κ1) is 26.1. The van der Waals surface area contributed by atoms with Crippen LogP contribution in [0, 0.1) is 5.92 Å². The Morgan fingerprint density at radius 3 is 2.79 bits per heavy atom. The molecule has 0 amide bonds. The van der Waals surface area contributed by atoms with Crippen molar-refractivity contribution in [3.05, 3.63) is 12.2 Å². The van der Waals surface area contributed by atoms with Crippen molar-refractivity contribution in [2.75, 3.05) is 26.3 Å². The molecule has 2 N–H and O–H groups in total. The quantitative estimate of drug-likeness (QED) is 0.190. The lowest BCUT2D eigenvalue weighted by atomic mass is 9.86. The number of unbranched alkanes of at least 4 members (excludes halogenated alkanes) is 1. The summed E-state index contributed by atoms with van der Waals surface area (Å²) in [7, 11) is 0. The fourth-order valence-electron chi connectivity index (χ4n) is 3.60. The molecular formula is C21H41IN6O. The number of rotatable bonds is 12. The Morgan fingerprint density at radius 1 is 1.24 bits per heavy atom. The van der Waals surface area contributed by atoms with Gasteiger partial charge in [0.1, 0.15) is 12.2 Å². The van der Waals surface area contributed by atoms with E-state index in [1.165, 1.54) is 32.1 Å². The molecular weight excluding hydrogens is 479 g/mol. The van der Waals surface area contributed by atoms with Gasteiger partial charge in [0.2, 0.25) is 0 Å². The van der Waals surface area contributed by atoms with Crippen LogP contribution < -0.4 is 10.6 Å². The second kappa shape index (κ2) is 15.9. The number of hydrogen-bond acceptors (Lipinski definition) is 4. The summed E-state index contributed by atoms with van der Waals surface area (Å²) < 4.78 is 7.76. The average Bonchev–Trinajstić information content (AvgIpc) is 3.16. The van der Waals surface area contributed by atoms with Gasteiger partial charge in [-0.25, -0.2) is 0 Å². The molecule has 2 unspecified atom stereocenters. The van der Waals surface area contributed by atoms with E-state index >= 15 is 0 Å². The topological polar surface area (TPSA) is 76.4 Å². The molecule has 1 fully saturated rings. The third kappa shape index (κ3) is 10.1. The Labute approximate surface area is 193 Å². The van der Waals surface area contributed by atoms with Crippen LogP contribution in [0.25, 0.3) is 0 Å². The van der Waals surface area contributed by atoms with Gasteiger partial charge in [-0.1, -0.05) is 40.0 Å². The van der Waals surface area contributed by atoms with Crippen LogP contribution >= 0.6 is 24.0 Å². The van der Waals surface area contributed by atoms with Crippen LogP contribution in [-0.2, 0) is 17.7 Å². The zero-order valence-corrected chi connectivity index (χ0v) is 20.9. The number of halogens is 1. The van der Waals surface area contributed by atoms with E-state index in [1.807, 2.05) is 6.33 Å². The number of nitrogens with one attached hydrogen (secondary N) is 2. The standard InChI is InChI=1S/C21H40N6O.HI/c1-4-6-15-28-16-9-12-22-21(25-19-11-8-7-10-18(19)3)23-13-14-27-17-24-26-20(27)5-2;/h17-19H,4-16H2,1-3H3,(H2,22,23,25);1H. The van der Waals surface area contributed by atoms with Crippen molar-refractivity contribution in [3.63, 3.8) is 0 Å². The van der Waals surface area contributed by atoms with E-state index in [-0.39, 0.29) is 24.0 Å². The molecule has 1 aliphatic carbocycles. The smallest absolute Gasteiger partial charge is 0.191 e. The molecule has 2 rings (SSSR count). The number of aliphatic imine (C=N–C) groups is 1. The van der Waals surface area contributed by atoms with Gasteiger partial charge < -0.3 is 19.9 Å². The van der Waals surface area contributed by atoms with E-state index in [1.54, 1.807) is 0 Å². The lowest BCUT2D eigenvalue weighted by molar-refractivity contribution is 0.130. The molecule has 1 heterocycles. The minimum absolute atomic E-state index is 0. The van der Waals surface area contributed by atoms with Crippen LogP contribution in [-0.4, -0.2) is 53.1 Å². The maximum Gasteiger partial charge on any atom is 0.191 e. The van der Waals surface area contributed by atoms with Crippen molar-refractivity contribution in [1.29, 1.82) is 0 Å². The van der Waals surface area contributed by atoms with Gasteiger partial charge in [0.15, 0.2) is 5.96 Å². The lowest BCUT2D eigenvalue weighted by Gasteiger charge is -2.31. The van der Waals surface area contributed by atoms with Gasteiger partial charge in [0, 0.05) is 45.3 Å². The number of guanidine groups is 1. The summed E-state index contributed by atoms with van der Waals surface area (Å²) >= 11 is 0. The van der Waals surface area contributed by atoms with Crippen molar-refractivity contribution < 1.29 is 4.74 Å². The minimum atomic E-state index is 0. The third-order valence-electron chi connectivity index (χ3n) is 5.45. The fraction of sp³-hybridized carbons (Fsp3) is 0.857. The molecule has 0 spiro atoms. The zero-order chi connectivity index (χ0) is 20.0. The summed E-state index contributed by atoms with van der Waals surface area (Å²) in [6.45, 7) is 10.7. The summed E-state index contributed by atoms with van der Waals surface area (Å²) in [6, 6.07) is 0.516. The minimum Gasteiger partial charge on any atom is -0.381 e. The van der Waals surface area contributed by atoms with Crippen LogP contribution in [0.2, 0.25) is 0 Å². The number of ether oxygens (including phenoxy) is 1. The molecule has 0 aliphatic heterocycles. The SMILES string of the molecule is CCCCOCCCN=C(NCCn1cnnc1CC)NC1CCCCC1C.I. The molecule has 7 nitrogen and oxygen atoms in total. The summed E-state index contributed by atoms with van der Waals surface area (Å²) in [5, 5.41) is 15.4. The Kier molecular flexibility index (Phi) is 14.3. The first-order valence-electron chi connectivity index (χ1n) is 11.2. The number of hydrogen-bond donors (Lipinski definition) is 2. The fourth-order valence-corrected chi connectivity index (χ4v) is 3.60. The summed E-state index contributed by atoms with van der Waals surface area (Å²) in [4.78, 5) is 4.81. The van der Waals surface area contributed by atoms with Crippen LogP contribution in [0.15, 0.2) is 11.3 Å². The Hall–Kier alpha value is -0.900. The van der Waals surface area contributed by atoms with Gasteiger partial charge in [-0.3, -0.25) is 4.99 Å². The highest BCUT2D eigenvalue weighted by Crippen LogP contribution is 2.23. The highest BCUT2D eigenvalue weighted by atomic mass is 127. The number of aryl methyl sites for hydroxylation is 1. The second-order valence-electron chi connectivity index (χ2n) is 7.78. The molecule has 0 radical (unpaired) electrons. The van der Waals surface area contributed by atoms with Crippen LogP contribution in [0.3, 0.4) is 0 Å². The maximum atomic E-state index is 5.65. The predicted octanol–water partition coefficient (Wildman–Crippen LogP) is 3.78. The molecule has 0 bridgehead atoms. The van der Waals surface area contributed by atoms with Gasteiger partial charge in [0.05, 0.1) is 0 Å². The molecule has 1 saturated carbocycles. The summed E-state index contributed by atoms with van der Waals surface area (Å²) in [6.07, 6.45) is 11.2. The van der Waals surface area contributed by atoms with Crippen molar-refractivity contribution in [3.8, 4) is 0 Å². The first-order valence-corrected chi connectivity index (χ1v) is 11.2. The van der Waals surface area contributed by atoms with Gasteiger partial charge in [-0.15, -0.1) is 34.2 Å². The summed E-state index contributed by atoms with van der Waals surface area (Å²) in [5.74, 6) is 2.65. The van der Waals surface area contributed by atoms with Crippen LogP contribution in [0.5, 0.6) is 0 Å². The van der Waals surface area contributed by atoms with Crippen molar-refractivity contribution in [1.82, 2.24) is 25.4 Å². The van der Waals surface area contributed by atoms with E-state index in [9.17, 15) is 0 Å². The third-order valence-corrected chi connectivity index (χ3v) is 5.45. The van der Waals surface area contributed by atoms with E-state index in [4.69, 9.17) is 9.73 Å². The molecule has 168 valence electrons. The van der Waals surface area contributed by atoms with E-state index in [0.29, 0.717) is 12.0 Å². The molecule has 1 aromatic heterocycles. The predicted molar refractivity (Wildman–Crippen MR) is 130 cm³/mol.